The number of likely N-dealkylation sites (tertiary alicyclic amines) is 1. The highest BCUT2D eigenvalue weighted by molar-refractivity contribution is 5.00. The minimum atomic E-state index is -0.170. The predicted molar refractivity (Wildman–Crippen MR) is 54.0 cm³/mol. The molecule has 2 atom stereocenters. The molecule has 0 amide bonds. The van der Waals surface area contributed by atoms with Gasteiger partial charge in [-0.15, -0.1) is 0 Å². The van der Waals surface area contributed by atoms with E-state index in [1.807, 2.05) is 12.1 Å². The summed E-state index contributed by atoms with van der Waals surface area (Å²) >= 11 is 0. The summed E-state index contributed by atoms with van der Waals surface area (Å²) in [6.07, 6.45) is 3.24. The fourth-order valence-corrected chi connectivity index (χ4v) is 2.09. The molecule has 1 fully saturated rings. The van der Waals surface area contributed by atoms with E-state index in [1.165, 1.54) is 0 Å². The normalized spacial score (nSPS) is 29.3. The third-order valence-electron chi connectivity index (χ3n) is 2.94. The van der Waals surface area contributed by atoms with Crippen molar-refractivity contribution in [3.63, 3.8) is 0 Å². The average Bonchev–Trinajstić information content (AvgIpc) is 2.64. The van der Waals surface area contributed by atoms with Crippen molar-refractivity contribution >= 4 is 0 Å². The van der Waals surface area contributed by atoms with E-state index in [0.717, 1.165) is 31.7 Å². The Balaban J connectivity index is 1.95. The summed E-state index contributed by atoms with van der Waals surface area (Å²) < 4.78 is 5.29. The highest BCUT2D eigenvalue weighted by Crippen LogP contribution is 2.20. The second kappa shape index (κ2) is 4.15. The first-order valence-corrected chi connectivity index (χ1v) is 5.14. The van der Waals surface area contributed by atoms with E-state index in [-0.39, 0.29) is 6.10 Å². The molecule has 1 aromatic heterocycles. The molecule has 3 nitrogen and oxygen atoms in total. The Morgan fingerprint density at radius 1 is 1.64 bits per heavy atom. The van der Waals surface area contributed by atoms with Crippen LogP contribution in [0.3, 0.4) is 0 Å². The lowest BCUT2D eigenvalue weighted by Crippen LogP contribution is -2.41. The SMILES string of the molecule is CN1CCC(O)C(Cc2ccco2)C1. The first-order chi connectivity index (χ1) is 6.75. The number of rotatable bonds is 2. The van der Waals surface area contributed by atoms with Crippen LogP contribution in [-0.2, 0) is 6.42 Å². The Bertz CT molecular complexity index is 271. The smallest absolute Gasteiger partial charge is 0.104 e. The van der Waals surface area contributed by atoms with Crippen LogP contribution in [0.15, 0.2) is 22.8 Å². The second-order valence-electron chi connectivity index (χ2n) is 4.16. The monoisotopic (exact) mass is 195 g/mol. The first kappa shape index (κ1) is 9.74. The number of piperidine rings is 1. The highest BCUT2D eigenvalue weighted by atomic mass is 16.3. The molecule has 2 heterocycles. The van der Waals surface area contributed by atoms with Crippen molar-refractivity contribution in [1.82, 2.24) is 4.90 Å². The molecule has 1 aromatic rings. The van der Waals surface area contributed by atoms with Crippen molar-refractivity contribution in [2.45, 2.75) is 18.9 Å². The van der Waals surface area contributed by atoms with E-state index in [2.05, 4.69) is 11.9 Å². The molecular weight excluding hydrogens is 178 g/mol. The zero-order valence-electron chi connectivity index (χ0n) is 8.52. The van der Waals surface area contributed by atoms with E-state index in [9.17, 15) is 5.11 Å². The van der Waals surface area contributed by atoms with Gasteiger partial charge in [0.15, 0.2) is 0 Å². The molecule has 14 heavy (non-hydrogen) atoms. The standard InChI is InChI=1S/C11H17NO2/c1-12-5-4-11(13)9(8-12)7-10-3-2-6-14-10/h2-3,6,9,11,13H,4-5,7-8H2,1H3. The lowest BCUT2D eigenvalue weighted by molar-refractivity contribution is 0.0343. The lowest BCUT2D eigenvalue weighted by atomic mass is 9.91. The second-order valence-corrected chi connectivity index (χ2v) is 4.16. The number of aliphatic hydroxyl groups is 1. The molecule has 0 spiro atoms. The maximum absolute atomic E-state index is 9.82. The maximum Gasteiger partial charge on any atom is 0.104 e. The first-order valence-electron chi connectivity index (χ1n) is 5.14. The Hall–Kier alpha value is -0.800. The molecule has 0 saturated carbocycles. The van der Waals surface area contributed by atoms with Gasteiger partial charge in [-0.25, -0.2) is 0 Å². The van der Waals surface area contributed by atoms with Crippen molar-refractivity contribution in [2.75, 3.05) is 20.1 Å². The lowest BCUT2D eigenvalue weighted by Gasteiger charge is -2.33. The fourth-order valence-electron chi connectivity index (χ4n) is 2.09. The molecule has 1 aliphatic rings. The zero-order valence-corrected chi connectivity index (χ0v) is 8.52. The Morgan fingerprint density at radius 3 is 3.21 bits per heavy atom. The van der Waals surface area contributed by atoms with Gasteiger partial charge >= 0.3 is 0 Å². The molecule has 1 aliphatic heterocycles. The van der Waals surface area contributed by atoms with Crippen LogP contribution in [0.1, 0.15) is 12.2 Å². The maximum atomic E-state index is 9.82. The van der Waals surface area contributed by atoms with Crippen molar-refractivity contribution in [3.05, 3.63) is 24.2 Å². The third-order valence-corrected chi connectivity index (χ3v) is 2.94. The van der Waals surface area contributed by atoms with Crippen molar-refractivity contribution in [1.29, 1.82) is 0 Å². The van der Waals surface area contributed by atoms with Gasteiger partial charge in [0.1, 0.15) is 5.76 Å². The van der Waals surface area contributed by atoms with Crippen LogP contribution < -0.4 is 0 Å². The van der Waals surface area contributed by atoms with Crippen LogP contribution in [-0.4, -0.2) is 36.2 Å². The van der Waals surface area contributed by atoms with E-state index in [0.29, 0.717) is 5.92 Å². The van der Waals surface area contributed by atoms with Gasteiger partial charge in [0.05, 0.1) is 12.4 Å². The summed E-state index contributed by atoms with van der Waals surface area (Å²) in [6, 6.07) is 3.87. The predicted octanol–water partition coefficient (Wildman–Crippen LogP) is 1.13. The Morgan fingerprint density at radius 2 is 2.50 bits per heavy atom. The molecule has 78 valence electrons. The van der Waals surface area contributed by atoms with Crippen LogP contribution in [0.4, 0.5) is 0 Å². The van der Waals surface area contributed by atoms with Gasteiger partial charge in [-0.1, -0.05) is 0 Å². The zero-order chi connectivity index (χ0) is 9.97. The quantitative estimate of drug-likeness (QED) is 0.768. The molecule has 0 bridgehead atoms. The highest BCUT2D eigenvalue weighted by Gasteiger charge is 2.26. The molecule has 2 unspecified atom stereocenters. The fraction of sp³-hybridized carbons (Fsp3) is 0.636. The molecular formula is C11H17NO2. The average molecular weight is 195 g/mol. The van der Waals surface area contributed by atoms with E-state index in [4.69, 9.17) is 4.42 Å². The van der Waals surface area contributed by atoms with Crippen LogP contribution in [0.2, 0.25) is 0 Å². The van der Waals surface area contributed by atoms with E-state index in [1.54, 1.807) is 6.26 Å². The number of hydrogen-bond donors (Lipinski definition) is 1. The van der Waals surface area contributed by atoms with Gasteiger partial charge in [-0.2, -0.15) is 0 Å². The van der Waals surface area contributed by atoms with Gasteiger partial charge in [-0.05, 0) is 25.6 Å². The summed E-state index contributed by atoms with van der Waals surface area (Å²) in [5.41, 5.74) is 0. The number of aliphatic hydroxyl groups excluding tert-OH is 1. The van der Waals surface area contributed by atoms with Crippen molar-refractivity contribution in [2.24, 2.45) is 5.92 Å². The largest absolute Gasteiger partial charge is 0.469 e. The van der Waals surface area contributed by atoms with Crippen LogP contribution >= 0.6 is 0 Å². The topological polar surface area (TPSA) is 36.6 Å². The minimum Gasteiger partial charge on any atom is -0.469 e. The van der Waals surface area contributed by atoms with Crippen LogP contribution in [0.25, 0.3) is 0 Å². The molecule has 0 aromatic carbocycles. The third kappa shape index (κ3) is 2.16. The Kier molecular flexibility index (Phi) is 2.89. The molecule has 0 aliphatic carbocycles. The van der Waals surface area contributed by atoms with Gasteiger partial charge in [-0.3, -0.25) is 0 Å². The van der Waals surface area contributed by atoms with Gasteiger partial charge in [0.2, 0.25) is 0 Å². The number of hydrogen-bond acceptors (Lipinski definition) is 3. The number of furan rings is 1. The van der Waals surface area contributed by atoms with Crippen LogP contribution in [0, 0.1) is 5.92 Å². The molecule has 2 rings (SSSR count). The minimum absolute atomic E-state index is 0.170. The van der Waals surface area contributed by atoms with Crippen molar-refractivity contribution in [3.8, 4) is 0 Å². The molecule has 1 N–H and O–H groups in total. The number of nitrogens with zero attached hydrogens (tertiary/aromatic N) is 1. The summed E-state index contributed by atoms with van der Waals surface area (Å²) in [5, 5.41) is 9.82. The van der Waals surface area contributed by atoms with E-state index >= 15 is 0 Å². The van der Waals surface area contributed by atoms with E-state index < -0.39 is 0 Å². The van der Waals surface area contributed by atoms with Crippen LogP contribution in [0.5, 0.6) is 0 Å². The summed E-state index contributed by atoms with van der Waals surface area (Å²) in [7, 11) is 2.10. The van der Waals surface area contributed by atoms with Gasteiger partial charge in [0, 0.05) is 25.4 Å². The summed E-state index contributed by atoms with van der Waals surface area (Å²) in [6.45, 7) is 1.96. The van der Waals surface area contributed by atoms with Gasteiger partial charge < -0.3 is 14.4 Å². The molecule has 3 heteroatoms. The van der Waals surface area contributed by atoms with Gasteiger partial charge in [0.25, 0.3) is 0 Å². The van der Waals surface area contributed by atoms with Crippen molar-refractivity contribution < 1.29 is 9.52 Å². The summed E-state index contributed by atoms with van der Waals surface area (Å²) in [5.74, 6) is 1.30. The molecule has 1 saturated heterocycles. The molecule has 0 radical (unpaired) electrons. The Labute approximate surface area is 84.3 Å². The summed E-state index contributed by atoms with van der Waals surface area (Å²) in [4.78, 5) is 2.26.